The maximum atomic E-state index is 15.9. The molecule has 348 valence electrons. The minimum absolute atomic E-state index is 0.0119. The zero-order valence-electron chi connectivity index (χ0n) is 34.6. The summed E-state index contributed by atoms with van der Waals surface area (Å²) in [4.78, 5) is 22.2. The number of hydrogen-bond donors (Lipinski definition) is 3. The number of pyridine rings is 1. The van der Waals surface area contributed by atoms with Gasteiger partial charge in [-0.2, -0.15) is 26.7 Å². The number of amides is 1. The molecular formula is C43H41F10N7O3S2. The average molecular weight is 958 g/mol. The molecule has 3 atom stereocenters. The van der Waals surface area contributed by atoms with Crippen LogP contribution in [0.1, 0.15) is 81.8 Å². The lowest BCUT2D eigenvalue weighted by molar-refractivity contribution is -0.120. The number of hydrogen-bond acceptors (Lipinski definition) is 8. The van der Waals surface area contributed by atoms with Gasteiger partial charge in [0.25, 0.3) is 12.3 Å². The number of carbonyl (C=O) groups excluding carboxylic acids is 1. The van der Waals surface area contributed by atoms with Crippen LogP contribution in [0.2, 0.25) is 0 Å². The third-order valence-electron chi connectivity index (χ3n) is 10.8. The summed E-state index contributed by atoms with van der Waals surface area (Å²) in [6.07, 6.45) is -7.82. The number of anilines is 1. The highest BCUT2D eigenvalue weighted by molar-refractivity contribution is 7.93. The van der Waals surface area contributed by atoms with Gasteiger partial charge in [-0.05, 0) is 93.8 Å². The number of alkyl halides is 7. The average Bonchev–Trinajstić information content (AvgIpc) is 4.16. The summed E-state index contributed by atoms with van der Waals surface area (Å²) in [7, 11) is -1.38. The predicted molar refractivity (Wildman–Crippen MR) is 225 cm³/mol. The van der Waals surface area contributed by atoms with Gasteiger partial charge < -0.3 is 15.6 Å². The second-order valence-corrected chi connectivity index (χ2v) is 20.2. The number of nitrogens with one attached hydrogen (secondary N) is 2. The second-order valence-electron chi connectivity index (χ2n) is 16.4. The SMILES string of the molecule is CC(C)(C#Cc1ccc(-c2ccc(F)c3c(N[S+]([O-])C4CC4)nn(CC(F)F)c23)c(C(Cc2cc(F)cc(F)c2)NC(=O)CN=C2C(=C(N)C(F)(F)F)CCCC2(F)F)n1)S(=O)C1CC1. The number of allylic oxidation sites excluding steroid dienone is 2. The molecule has 3 saturated carbocycles. The molecule has 2 aromatic carbocycles. The molecule has 0 saturated heterocycles. The summed E-state index contributed by atoms with van der Waals surface area (Å²) >= 11 is -1.77. The zero-order valence-corrected chi connectivity index (χ0v) is 36.2. The molecule has 22 heteroatoms. The molecule has 3 unspecified atom stereocenters. The lowest BCUT2D eigenvalue weighted by Crippen LogP contribution is -2.39. The molecular weight excluding hydrogens is 917 g/mol. The van der Waals surface area contributed by atoms with E-state index in [1.807, 2.05) is 0 Å². The van der Waals surface area contributed by atoms with E-state index >= 15 is 13.2 Å². The number of fused-ring (bicyclic) bond motifs is 1. The van der Waals surface area contributed by atoms with E-state index in [1.165, 1.54) is 18.2 Å². The van der Waals surface area contributed by atoms with Crippen LogP contribution in [0.3, 0.4) is 0 Å². The van der Waals surface area contributed by atoms with Crippen molar-refractivity contribution >= 4 is 50.5 Å². The molecule has 0 radical (unpaired) electrons. The van der Waals surface area contributed by atoms with Crippen molar-refractivity contribution in [1.82, 2.24) is 20.1 Å². The molecule has 3 aliphatic rings. The first-order valence-electron chi connectivity index (χ1n) is 20.3. The van der Waals surface area contributed by atoms with Gasteiger partial charge in [-0.1, -0.05) is 5.92 Å². The molecule has 0 spiro atoms. The zero-order chi connectivity index (χ0) is 47.2. The first kappa shape index (κ1) is 47.8. The lowest BCUT2D eigenvalue weighted by atomic mass is 9.88. The number of rotatable bonds is 14. The van der Waals surface area contributed by atoms with Crippen LogP contribution in [0.4, 0.5) is 49.7 Å². The van der Waals surface area contributed by atoms with Crippen molar-refractivity contribution in [2.45, 2.75) is 112 Å². The van der Waals surface area contributed by atoms with E-state index in [0.29, 0.717) is 18.9 Å². The van der Waals surface area contributed by atoms with Crippen molar-refractivity contribution in [3.8, 4) is 23.0 Å². The summed E-state index contributed by atoms with van der Waals surface area (Å²) in [5, 5.41) is 6.02. The summed E-state index contributed by atoms with van der Waals surface area (Å²) in [5.74, 6) is -2.59. The fraction of sp³-hybridized carbons (Fsp3) is 0.442. The molecule has 2 aromatic heterocycles. The van der Waals surface area contributed by atoms with Crippen molar-refractivity contribution in [2.75, 3.05) is 11.3 Å². The van der Waals surface area contributed by atoms with Gasteiger partial charge in [-0.25, -0.2) is 26.9 Å². The number of aromatic nitrogens is 3. The third-order valence-corrected chi connectivity index (χ3v) is 14.5. The molecule has 2 heterocycles. The highest BCUT2D eigenvalue weighted by Gasteiger charge is 2.46. The Morgan fingerprint density at radius 2 is 1.74 bits per heavy atom. The van der Waals surface area contributed by atoms with Crippen molar-refractivity contribution in [1.29, 1.82) is 0 Å². The molecule has 0 aliphatic heterocycles. The van der Waals surface area contributed by atoms with E-state index in [-0.39, 0.29) is 61.7 Å². The number of halogens is 10. The Labute approximate surface area is 371 Å². The Morgan fingerprint density at radius 3 is 2.37 bits per heavy atom. The molecule has 7 rings (SSSR count). The Morgan fingerprint density at radius 1 is 1.06 bits per heavy atom. The highest BCUT2D eigenvalue weighted by atomic mass is 32.2. The summed E-state index contributed by atoms with van der Waals surface area (Å²) in [6.45, 7) is 1.05. The van der Waals surface area contributed by atoms with Crippen molar-refractivity contribution < 1.29 is 57.5 Å². The van der Waals surface area contributed by atoms with Crippen LogP contribution in [-0.4, -0.2) is 75.5 Å². The predicted octanol–water partition coefficient (Wildman–Crippen LogP) is 8.50. The molecule has 4 aromatic rings. The molecule has 0 bridgehead atoms. The Kier molecular flexibility index (Phi) is 13.7. The second kappa shape index (κ2) is 18.6. The smallest absolute Gasteiger partial charge is 0.431 e. The van der Waals surface area contributed by atoms with E-state index in [4.69, 9.17) is 10.7 Å². The summed E-state index contributed by atoms with van der Waals surface area (Å²) in [5.41, 5.74) is 0.562. The van der Waals surface area contributed by atoms with Gasteiger partial charge in [0.05, 0.1) is 34.0 Å². The van der Waals surface area contributed by atoms with Crippen LogP contribution >= 0.6 is 0 Å². The van der Waals surface area contributed by atoms with Gasteiger partial charge in [0.15, 0.2) is 0 Å². The standard InChI is InChI=1S/C43H41F10N7O3S2/c1-41(2,64(62)26-6-7-26)15-13-25-5-10-28(29-11-12-31(46)35-37(29)60(21-33(47)48)58-40(35)59-65(63)27-8-9-27)36(56-25)32(18-22-16-23(44)19-24(45)17-22)57-34(61)20-55-39-30(38(54)43(51,52)53)4-3-14-42(39,49)50/h5,10-12,16-17,19,26-27,32-33H,3-4,6-9,14,18,20-21,54H2,1-2H3,(H,57,61)(H,58,59). The van der Waals surface area contributed by atoms with Crippen LogP contribution in [-0.2, 0) is 39.9 Å². The third kappa shape index (κ3) is 11.1. The Balaban J connectivity index is 1.40. The van der Waals surface area contributed by atoms with E-state index < -0.39 is 124 Å². The fourth-order valence-electron chi connectivity index (χ4n) is 7.46. The molecule has 4 N–H and O–H groups in total. The van der Waals surface area contributed by atoms with E-state index in [9.17, 15) is 44.3 Å². The monoisotopic (exact) mass is 957 g/mol. The number of nitrogens with two attached hydrogens (primary N) is 1. The van der Waals surface area contributed by atoms with Gasteiger partial charge in [0.2, 0.25) is 11.7 Å². The topological polar surface area (TPSA) is 150 Å². The molecule has 65 heavy (non-hydrogen) atoms. The number of aliphatic imine (C=N–C) groups is 1. The highest BCUT2D eigenvalue weighted by Crippen LogP contribution is 2.41. The maximum absolute atomic E-state index is 15.9. The molecule has 3 fully saturated rings. The Hall–Kier alpha value is -5.14. The van der Waals surface area contributed by atoms with E-state index in [0.717, 1.165) is 35.7 Å². The first-order valence-corrected chi connectivity index (χ1v) is 22.8. The normalized spacial score (nSPS) is 19.4. The lowest BCUT2D eigenvalue weighted by Gasteiger charge is -2.28. The number of nitrogens with zero attached hydrogens (tertiary/aromatic N) is 4. The number of benzene rings is 2. The molecule has 10 nitrogen and oxygen atoms in total. The van der Waals surface area contributed by atoms with Crippen LogP contribution in [0.25, 0.3) is 22.0 Å². The van der Waals surface area contributed by atoms with Crippen molar-refractivity contribution in [3.05, 3.63) is 88.1 Å². The van der Waals surface area contributed by atoms with Gasteiger partial charge in [0.1, 0.15) is 57.6 Å². The van der Waals surface area contributed by atoms with E-state index in [1.54, 1.807) is 13.8 Å². The van der Waals surface area contributed by atoms with Gasteiger partial charge in [-0.3, -0.25) is 18.7 Å². The van der Waals surface area contributed by atoms with E-state index in [2.05, 4.69) is 32.0 Å². The molecule has 3 aliphatic carbocycles. The fourth-order valence-corrected chi connectivity index (χ4v) is 10.1. The van der Waals surface area contributed by atoms with Gasteiger partial charge in [0, 0.05) is 58.1 Å². The van der Waals surface area contributed by atoms with Crippen molar-refractivity contribution in [2.24, 2.45) is 10.7 Å². The van der Waals surface area contributed by atoms with Crippen LogP contribution < -0.4 is 15.8 Å². The summed E-state index contributed by atoms with van der Waals surface area (Å²) in [6, 6.07) is 5.85. The maximum Gasteiger partial charge on any atom is 0.431 e. The number of carbonyl (C=O) groups is 1. The van der Waals surface area contributed by atoms with Gasteiger partial charge >= 0.3 is 6.18 Å². The first-order chi connectivity index (χ1) is 30.5. The van der Waals surface area contributed by atoms with Crippen LogP contribution in [0, 0.1) is 29.3 Å². The Bertz CT molecular complexity index is 2630. The minimum Gasteiger partial charge on any atom is -0.593 e. The van der Waals surface area contributed by atoms with Crippen molar-refractivity contribution in [3.63, 3.8) is 0 Å². The summed E-state index contributed by atoms with van der Waals surface area (Å²) < 4.78 is 173. The van der Waals surface area contributed by atoms with Crippen LogP contribution in [0.5, 0.6) is 0 Å². The largest absolute Gasteiger partial charge is 0.593 e. The minimum atomic E-state index is -5.20. The van der Waals surface area contributed by atoms with Crippen LogP contribution in [0.15, 0.2) is 58.7 Å². The van der Waals surface area contributed by atoms with Gasteiger partial charge in [-0.15, -0.1) is 5.10 Å². The molecule has 1 amide bonds. The quantitative estimate of drug-likeness (QED) is 0.0652.